The predicted octanol–water partition coefficient (Wildman–Crippen LogP) is 2.10. The highest BCUT2D eigenvalue weighted by molar-refractivity contribution is 7.93. The van der Waals surface area contributed by atoms with Crippen molar-refractivity contribution in [2.45, 2.75) is 18.2 Å². The van der Waals surface area contributed by atoms with Crippen LogP contribution in [0.2, 0.25) is 0 Å². The van der Waals surface area contributed by atoms with E-state index in [9.17, 15) is 18.3 Å². The largest absolute Gasteiger partial charge is 0.494 e. The average Bonchev–Trinajstić information content (AvgIpc) is 3.08. The van der Waals surface area contributed by atoms with E-state index in [2.05, 4.69) is 29.9 Å². The van der Waals surface area contributed by atoms with E-state index >= 15 is 0 Å². The molecule has 0 aliphatic rings. The van der Waals surface area contributed by atoms with E-state index in [0.717, 1.165) is 22.6 Å². The zero-order valence-electron chi connectivity index (χ0n) is 14.3. The highest BCUT2D eigenvalue weighted by atomic mass is 32.2. The molecule has 0 radical (unpaired) electrons. The van der Waals surface area contributed by atoms with Crippen molar-refractivity contribution in [2.24, 2.45) is 4.99 Å². The van der Waals surface area contributed by atoms with E-state index in [-0.39, 0.29) is 20.4 Å². The Kier molecular flexibility index (Phi) is 5.67. The molecule has 10 nitrogen and oxygen atoms in total. The second-order valence-electron chi connectivity index (χ2n) is 5.38. The van der Waals surface area contributed by atoms with Gasteiger partial charge in [0.2, 0.25) is 11.0 Å². The van der Waals surface area contributed by atoms with Crippen LogP contribution >= 0.6 is 23.6 Å². The number of hydrogen-bond acceptors (Lipinski definition) is 9. The highest BCUT2D eigenvalue weighted by Crippen LogP contribution is 2.22. The summed E-state index contributed by atoms with van der Waals surface area (Å²) >= 11 is 5.91. The third-order valence-electron chi connectivity index (χ3n) is 3.44. The topological polar surface area (TPSA) is 153 Å². The fraction of sp³-hybridized carbons (Fsp3) is 0.133. The molecule has 0 aliphatic carbocycles. The number of nitrogens with one attached hydrogen (secondary N) is 3. The maximum Gasteiger partial charge on any atom is 0.264 e. The van der Waals surface area contributed by atoms with Crippen molar-refractivity contribution in [3.63, 3.8) is 0 Å². The van der Waals surface area contributed by atoms with Crippen LogP contribution in [0.15, 0.2) is 38.9 Å². The molecular weight excluding hydrogens is 424 g/mol. The minimum absolute atomic E-state index is 0.0109. The first-order valence-corrected chi connectivity index (χ1v) is 10.5. The van der Waals surface area contributed by atoms with Crippen LogP contribution in [-0.4, -0.2) is 39.9 Å². The molecule has 0 atom stereocenters. The van der Waals surface area contributed by atoms with E-state index < -0.39 is 21.5 Å². The van der Waals surface area contributed by atoms with Crippen LogP contribution in [0, 0.1) is 4.77 Å². The Morgan fingerprint density at radius 3 is 2.61 bits per heavy atom. The normalized spacial score (nSPS) is 11.8. The van der Waals surface area contributed by atoms with Crippen LogP contribution in [0.4, 0.5) is 10.8 Å². The van der Waals surface area contributed by atoms with Crippen molar-refractivity contribution in [1.29, 1.82) is 0 Å². The third-order valence-corrected chi connectivity index (χ3v) is 6.11. The van der Waals surface area contributed by atoms with Gasteiger partial charge in [-0.3, -0.25) is 19.5 Å². The van der Waals surface area contributed by atoms with Gasteiger partial charge in [0.15, 0.2) is 4.77 Å². The van der Waals surface area contributed by atoms with Gasteiger partial charge in [0.1, 0.15) is 10.6 Å². The minimum Gasteiger partial charge on any atom is -0.494 e. The van der Waals surface area contributed by atoms with Gasteiger partial charge in [0.05, 0.1) is 10.6 Å². The Labute approximate surface area is 168 Å². The Morgan fingerprint density at radius 1 is 1.29 bits per heavy atom. The molecule has 3 rings (SSSR count). The molecule has 0 bridgehead atoms. The SMILES string of the molecule is CCc1nnc(NS(=O)(=O)c2ccc(N=Cc3c(O)[nH]c(=S)[nH]c3=O)cc2)s1. The number of aromatic nitrogens is 4. The standard InChI is InChI=1S/C15H14N6O4S3/c1-2-11-19-20-15(27-11)21-28(24,25)9-5-3-8(4-6-9)16-7-10-12(22)17-14(26)18-13(10)23/h3-7H,2H2,1H3,(H,20,21)(H3,17,18,22,23,26). The number of aliphatic imine (C=N–C) groups is 1. The van der Waals surface area contributed by atoms with Gasteiger partial charge >= 0.3 is 0 Å². The summed E-state index contributed by atoms with van der Waals surface area (Å²) in [6.45, 7) is 1.90. The second kappa shape index (κ2) is 8.00. The van der Waals surface area contributed by atoms with Crippen LogP contribution in [0.5, 0.6) is 5.88 Å². The first-order valence-electron chi connectivity index (χ1n) is 7.83. The lowest BCUT2D eigenvalue weighted by atomic mass is 10.3. The number of benzene rings is 1. The molecule has 0 aliphatic heterocycles. The second-order valence-corrected chi connectivity index (χ2v) is 8.54. The first kappa shape index (κ1) is 19.9. The zero-order chi connectivity index (χ0) is 20.3. The molecule has 2 aromatic heterocycles. The van der Waals surface area contributed by atoms with Gasteiger partial charge in [0, 0.05) is 6.21 Å². The van der Waals surface area contributed by atoms with Gasteiger partial charge < -0.3 is 10.1 Å². The third kappa shape index (κ3) is 4.49. The number of aromatic hydroxyl groups is 1. The van der Waals surface area contributed by atoms with Gasteiger partial charge in [-0.25, -0.2) is 8.42 Å². The number of hydrogen-bond donors (Lipinski definition) is 4. The summed E-state index contributed by atoms with van der Waals surface area (Å²) in [6, 6.07) is 5.64. The molecule has 28 heavy (non-hydrogen) atoms. The predicted molar refractivity (Wildman–Crippen MR) is 108 cm³/mol. The molecule has 0 saturated heterocycles. The van der Waals surface area contributed by atoms with E-state index in [1.165, 1.54) is 24.3 Å². The van der Waals surface area contributed by atoms with Crippen molar-refractivity contribution in [3.05, 3.63) is 50.0 Å². The number of anilines is 1. The molecule has 0 saturated carbocycles. The van der Waals surface area contributed by atoms with Crippen molar-refractivity contribution in [2.75, 3.05) is 4.72 Å². The minimum atomic E-state index is -3.82. The summed E-state index contributed by atoms with van der Waals surface area (Å²) in [5.74, 6) is -0.413. The Bertz CT molecular complexity index is 1240. The Morgan fingerprint density at radius 2 is 2.00 bits per heavy atom. The number of H-pyrrole nitrogens is 2. The van der Waals surface area contributed by atoms with Crippen molar-refractivity contribution in [1.82, 2.24) is 20.2 Å². The van der Waals surface area contributed by atoms with Crippen LogP contribution in [0.25, 0.3) is 0 Å². The lowest BCUT2D eigenvalue weighted by molar-refractivity contribution is 0.449. The summed E-state index contributed by atoms with van der Waals surface area (Å²) in [5, 5.41) is 18.3. The summed E-state index contributed by atoms with van der Waals surface area (Å²) in [7, 11) is -3.82. The number of rotatable bonds is 6. The average molecular weight is 439 g/mol. The molecule has 3 aromatic rings. The summed E-state index contributed by atoms with van der Waals surface area (Å²) in [5.41, 5.74) is -0.323. The molecule has 0 unspecified atom stereocenters. The fourth-order valence-electron chi connectivity index (χ4n) is 2.07. The van der Waals surface area contributed by atoms with Gasteiger partial charge in [0.25, 0.3) is 15.6 Å². The Hall–Kier alpha value is -2.90. The maximum absolute atomic E-state index is 12.4. The van der Waals surface area contributed by atoms with Crippen molar-refractivity contribution in [3.8, 4) is 5.88 Å². The van der Waals surface area contributed by atoms with Gasteiger partial charge in [-0.1, -0.05) is 18.3 Å². The van der Waals surface area contributed by atoms with Crippen LogP contribution < -0.4 is 10.3 Å². The molecule has 0 fully saturated rings. The quantitative estimate of drug-likeness (QED) is 0.339. The molecule has 13 heteroatoms. The van der Waals surface area contributed by atoms with Gasteiger partial charge in [-0.05, 0) is 42.9 Å². The van der Waals surface area contributed by atoms with E-state index in [1.807, 2.05) is 6.92 Å². The number of aromatic amines is 2. The lowest BCUT2D eigenvalue weighted by Crippen LogP contribution is -2.13. The first-order chi connectivity index (χ1) is 13.3. The number of nitrogens with zero attached hydrogens (tertiary/aromatic N) is 3. The zero-order valence-corrected chi connectivity index (χ0v) is 16.8. The Balaban J connectivity index is 1.79. The molecule has 4 N–H and O–H groups in total. The molecular formula is C15H14N6O4S3. The number of aryl methyl sites for hydroxylation is 1. The molecule has 0 amide bonds. The molecule has 1 aromatic carbocycles. The van der Waals surface area contributed by atoms with Crippen LogP contribution in [0.3, 0.4) is 0 Å². The van der Waals surface area contributed by atoms with Crippen molar-refractivity contribution >= 4 is 50.6 Å². The maximum atomic E-state index is 12.4. The van der Waals surface area contributed by atoms with E-state index in [0.29, 0.717) is 12.1 Å². The van der Waals surface area contributed by atoms with E-state index in [4.69, 9.17) is 12.2 Å². The molecule has 146 valence electrons. The number of sulfonamides is 1. The van der Waals surface area contributed by atoms with Crippen LogP contribution in [0.1, 0.15) is 17.5 Å². The van der Waals surface area contributed by atoms with Crippen molar-refractivity contribution < 1.29 is 13.5 Å². The summed E-state index contributed by atoms with van der Waals surface area (Å²) in [4.78, 5) is 20.6. The molecule has 0 spiro atoms. The lowest BCUT2D eigenvalue weighted by Gasteiger charge is -2.04. The monoisotopic (exact) mass is 438 g/mol. The van der Waals surface area contributed by atoms with Gasteiger partial charge in [-0.15, -0.1) is 10.2 Å². The fourth-order valence-corrected chi connectivity index (χ4v) is 4.16. The smallest absolute Gasteiger partial charge is 0.264 e. The van der Waals surface area contributed by atoms with Gasteiger partial charge in [-0.2, -0.15) is 0 Å². The van der Waals surface area contributed by atoms with Crippen LogP contribution in [-0.2, 0) is 16.4 Å². The highest BCUT2D eigenvalue weighted by Gasteiger charge is 2.16. The summed E-state index contributed by atoms with van der Waals surface area (Å²) < 4.78 is 27.2. The van der Waals surface area contributed by atoms with E-state index in [1.54, 1.807) is 0 Å². The summed E-state index contributed by atoms with van der Waals surface area (Å²) in [6.07, 6.45) is 1.81. The molecule has 2 heterocycles.